The zero-order valence-electron chi connectivity index (χ0n) is 11.8. The maximum absolute atomic E-state index is 5.45. The van der Waals surface area contributed by atoms with Crippen molar-refractivity contribution < 1.29 is 4.42 Å². The molecule has 1 N–H and O–H groups in total. The largest absolute Gasteiger partial charge is 0.445 e. The molecule has 100 valence electrons. The van der Waals surface area contributed by atoms with E-state index in [1.54, 1.807) is 12.5 Å². The Hall–Kier alpha value is -1.61. The van der Waals surface area contributed by atoms with E-state index in [0.29, 0.717) is 5.89 Å². The maximum Gasteiger partial charge on any atom is 0.225 e. The lowest BCUT2D eigenvalue weighted by molar-refractivity contribution is 0.555. The Balaban J connectivity index is 2.19. The summed E-state index contributed by atoms with van der Waals surface area (Å²) in [7, 11) is 0. The summed E-state index contributed by atoms with van der Waals surface area (Å²) in [6.45, 7) is 8.79. The molecule has 0 aliphatic carbocycles. The number of hydrogen-bond acceptors (Lipinski definition) is 3. The van der Waals surface area contributed by atoms with Gasteiger partial charge in [-0.05, 0) is 47.2 Å². The van der Waals surface area contributed by atoms with Gasteiger partial charge in [-0.2, -0.15) is 0 Å². The standard InChI is InChI=1S/C16H20N2O/c1-16(2,3)14-9-12(15-18-6-7-19-15)8-11-4-5-17-10-13(11)14/h6-9,17H,4-5,10H2,1-3H3. The summed E-state index contributed by atoms with van der Waals surface area (Å²) >= 11 is 0. The first-order valence-electron chi connectivity index (χ1n) is 6.82. The molecule has 0 saturated carbocycles. The molecule has 1 aliphatic heterocycles. The number of fused-ring (bicyclic) bond motifs is 1. The molecule has 0 atom stereocenters. The van der Waals surface area contributed by atoms with Crippen molar-refractivity contribution in [3.8, 4) is 11.5 Å². The third-order valence-electron chi connectivity index (χ3n) is 3.70. The number of aromatic nitrogens is 1. The smallest absolute Gasteiger partial charge is 0.225 e. The van der Waals surface area contributed by atoms with E-state index in [0.717, 1.165) is 25.1 Å². The van der Waals surface area contributed by atoms with Crippen LogP contribution < -0.4 is 5.32 Å². The van der Waals surface area contributed by atoms with Crippen molar-refractivity contribution in [2.24, 2.45) is 0 Å². The van der Waals surface area contributed by atoms with Crippen molar-refractivity contribution in [3.63, 3.8) is 0 Å². The lowest BCUT2D eigenvalue weighted by Crippen LogP contribution is -2.27. The highest BCUT2D eigenvalue weighted by molar-refractivity contribution is 5.60. The molecular formula is C16H20N2O. The minimum absolute atomic E-state index is 0.131. The number of benzene rings is 1. The van der Waals surface area contributed by atoms with Crippen LogP contribution in [0.2, 0.25) is 0 Å². The van der Waals surface area contributed by atoms with Gasteiger partial charge in [0.15, 0.2) is 0 Å². The summed E-state index contributed by atoms with van der Waals surface area (Å²) in [5.41, 5.74) is 5.50. The Morgan fingerprint density at radius 3 is 2.79 bits per heavy atom. The summed E-state index contributed by atoms with van der Waals surface area (Å²) < 4.78 is 5.45. The normalized spacial score (nSPS) is 15.3. The highest BCUT2D eigenvalue weighted by Gasteiger charge is 2.23. The second-order valence-electron chi connectivity index (χ2n) is 6.18. The summed E-state index contributed by atoms with van der Waals surface area (Å²) in [6.07, 6.45) is 4.41. The number of nitrogens with zero attached hydrogens (tertiary/aromatic N) is 1. The Morgan fingerprint density at radius 2 is 2.11 bits per heavy atom. The topological polar surface area (TPSA) is 38.1 Å². The predicted octanol–water partition coefficient (Wildman–Crippen LogP) is 3.28. The first kappa shape index (κ1) is 12.4. The zero-order valence-corrected chi connectivity index (χ0v) is 11.8. The molecule has 3 nitrogen and oxygen atoms in total. The van der Waals surface area contributed by atoms with Crippen molar-refractivity contribution in [2.45, 2.75) is 39.2 Å². The second kappa shape index (κ2) is 4.49. The number of rotatable bonds is 1. The van der Waals surface area contributed by atoms with Gasteiger partial charge in [0.2, 0.25) is 5.89 Å². The van der Waals surface area contributed by atoms with E-state index >= 15 is 0 Å². The van der Waals surface area contributed by atoms with Crippen molar-refractivity contribution in [1.29, 1.82) is 0 Å². The fraction of sp³-hybridized carbons (Fsp3) is 0.438. The zero-order chi connectivity index (χ0) is 13.5. The summed E-state index contributed by atoms with van der Waals surface area (Å²) in [5.74, 6) is 0.715. The van der Waals surface area contributed by atoms with Crippen molar-refractivity contribution in [1.82, 2.24) is 10.3 Å². The fourth-order valence-electron chi connectivity index (χ4n) is 2.76. The molecule has 1 aromatic heterocycles. The predicted molar refractivity (Wildman–Crippen MR) is 76.0 cm³/mol. The van der Waals surface area contributed by atoms with Crippen molar-refractivity contribution in [3.05, 3.63) is 41.3 Å². The van der Waals surface area contributed by atoms with Gasteiger partial charge in [-0.1, -0.05) is 20.8 Å². The van der Waals surface area contributed by atoms with E-state index in [1.807, 2.05) is 0 Å². The Kier molecular flexibility index (Phi) is 2.94. The Bertz CT molecular complexity index is 580. The van der Waals surface area contributed by atoms with Gasteiger partial charge in [-0.3, -0.25) is 0 Å². The molecule has 3 heteroatoms. The van der Waals surface area contributed by atoms with Crippen molar-refractivity contribution in [2.75, 3.05) is 6.54 Å². The summed E-state index contributed by atoms with van der Waals surface area (Å²) in [4.78, 5) is 4.28. The maximum atomic E-state index is 5.45. The lowest BCUT2D eigenvalue weighted by Gasteiger charge is -2.28. The van der Waals surface area contributed by atoms with Crippen molar-refractivity contribution >= 4 is 0 Å². The van der Waals surface area contributed by atoms with Crippen LogP contribution in [0.15, 0.2) is 29.0 Å². The van der Waals surface area contributed by atoms with Crippen LogP contribution in [0.5, 0.6) is 0 Å². The van der Waals surface area contributed by atoms with Crippen LogP contribution >= 0.6 is 0 Å². The van der Waals surface area contributed by atoms with Crippen LogP contribution in [-0.4, -0.2) is 11.5 Å². The van der Waals surface area contributed by atoms with Gasteiger partial charge in [0.05, 0.1) is 6.20 Å². The first-order valence-corrected chi connectivity index (χ1v) is 6.82. The molecule has 1 aliphatic rings. The number of hydrogen-bond donors (Lipinski definition) is 1. The molecular weight excluding hydrogens is 236 g/mol. The molecule has 2 aromatic rings. The monoisotopic (exact) mass is 256 g/mol. The lowest BCUT2D eigenvalue weighted by atomic mass is 9.79. The molecule has 19 heavy (non-hydrogen) atoms. The van der Waals surface area contributed by atoms with Gasteiger partial charge < -0.3 is 9.73 Å². The van der Waals surface area contributed by atoms with E-state index in [2.05, 4.69) is 43.2 Å². The SMILES string of the molecule is CC(C)(C)c1cc(-c2ncco2)cc2c1CNCC2. The van der Waals surface area contributed by atoms with Gasteiger partial charge in [0.25, 0.3) is 0 Å². The second-order valence-corrected chi connectivity index (χ2v) is 6.18. The van der Waals surface area contributed by atoms with Gasteiger partial charge >= 0.3 is 0 Å². The Labute approximate surface area is 114 Å². The average molecular weight is 256 g/mol. The minimum atomic E-state index is 0.131. The van der Waals surface area contributed by atoms with Crippen LogP contribution in [0.4, 0.5) is 0 Å². The van der Waals surface area contributed by atoms with Crippen LogP contribution in [0.25, 0.3) is 11.5 Å². The van der Waals surface area contributed by atoms with E-state index in [4.69, 9.17) is 4.42 Å². The van der Waals surface area contributed by atoms with E-state index in [1.165, 1.54) is 16.7 Å². The molecule has 0 bridgehead atoms. The van der Waals surface area contributed by atoms with E-state index in [-0.39, 0.29) is 5.41 Å². The van der Waals surface area contributed by atoms with Gasteiger partial charge in [0, 0.05) is 12.1 Å². The summed E-state index contributed by atoms with van der Waals surface area (Å²) in [5, 5.41) is 3.47. The van der Waals surface area contributed by atoms with Gasteiger partial charge in [-0.25, -0.2) is 4.98 Å². The van der Waals surface area contributed by atoms with Crippen LogP contribution in [-0.2, 0) is 18.4 Å². The fourth-order valence-corrected chi connectivity index (χ4v) is 2.76. The molecule has 0 unspecified atom stereocenters. The third-order valence-corrected chi connectivity index (χ3v) is 3.70. The molecule has 2 heterocycles. The van der Waals surface area contributed by atoms with Gasteiger partial charge in [-0.15, -0.1) is 0 Å². The van der Waals surface area contributed by atoms with Crippen LogP contribution in [0.3, 0.4) is 0 Å². The van der Waals surface area contributed by atoms with E-state index < -0.39 is 0 Å². The molecule has 1 aromatic carbocycles. The molecule has 0 amide bonds. The molecule has 0 radical (unpaired) electrons. The quantitative estimate of drug-likeness (QED) is 0.851. The molecule has 0 spiro atoms. The average Bonchev–Trinajstić information content (AvgIpc) is 2.90. The van der Waals surface area contributed by atoms with E-state index in [9.17, 15) is 0 Å². The number of oxazole rings is 1. The molecule has 0 saturated heterocycles. The Morgan fingerprint density at radius 1 is 1.26 bits per heavy atom. The highest BCUT2D eigenvalue weighted by atomic mass is 16.3. The van der Waals surface area contributed by atoms with Crippen LogP contribution in [0.1, 0.15) is 37.5 Å². The molecule has 0 fully saturated rings. The summed E-state index contributed by atoms with van der Waals surface area (Å²) in [6, 6.07) is 4.47. The third kappa shape index (κ3) is 2.30. The molecule has 3 rings (SSSR count). The first-order chi connectivity index (χ1) is 9.05. The minimum Gasteiger partial charge on any atom is -0.445 e. The highest BCUT2D eigenvalue weighted by Crippen LogP contribution is 2.34. The van der Waals surface area contributed by atoms with Gasteiger partial charge in [0.1, 0.15) is 6.26 Å². The number of nitrogens with one attached hydrogen (secondary N) is 1. The van der Waals surface area contributed by atoms with Crippen LogP contribution in [0, 0.1) is 0 Å².